The van der Waals surface area contributed by atoms with Crippen LogP contribution in [-0.2, 0) is 0 Å². The van der Waals surface area contributed by atoms with Crippen LogP contribution in [-0.4, -0.2) is 10.6 Å². The molecule has 0 N–H and O–H groups in total. The quantitative estimate of drug-likeness (QED) is 0.603. The molecule has 88 valence electrons. The molecule has 0 saturated heterocycles. The van der Waals surface area contributed by atoms with Gasteiger partial charge in [-0.2, -0.15) is 0 Å². The summed E-state index contributed by atoms with van der Waals surface area (Å²) in [5.74, 6) is -1.53. The third-order valence-corrected chi connectivity index (χ3v) is 2.95. The molecule has 1 unspecified atom stereocenters. The number of rotatable bonds is 2. The van der Waals surface area contributed by atoms with Gasteiger partial charge >= 0.3 is 0 Å². The van der Waals surface area contributed by atoms with Crippen molar-refractivity contribution in [3.8, 4) is 0 Å². The monoisotopic (exact) mass is 298 g/mol. The molecule has 0 aromatic heterocycles. The van der Waals surface area contributed by atoms with E-state index in [4.69, 9.17) is 0 Å². The molecule has 17 heavy (non-hydrogen) atoms. The van der Waals surface area contributed by atoms with Crippen LogP contribution < -0.4 is 0 Å². The Hall–Kier alpha value is -1.29. The standard InChI is InChI=1S/C13H9BrF2O/c1-7(14)13(17)10-4-2-3-9-11(10)5-8(15)6-12(9)16/h2-7H,1H3. The van der Waals surface area contributed by atoms with Crippen LogP contribution in [0.2, 0.25) is 0 Å². The molecule has 2 rings (SSSR count). The molecule has 2 aromatic rings. The van der Waals surface area contributed by atoms with Crippen LogP contribution in [0.25, 0.3) is 10.8 Å². The van der Waals surface area contributed by atoms with E-state index >= 15 is 0 Å². The summed E-state index contributed by atoms with van der Waals surface area (Å²) in [4.78, 5) is 11.5. The molecule has 0 aliphatic carbocycles. The van der Waals surface area contributed by atoms with Crippen molar-refractivity contribution < 1.29 is 13.6 Å². The van der Waals surface area contributed by atoms with Crippen molar-refractivity contribution >= 4 is 32.5 Å². The van der Waals surface area contributed by atoms with Crippen LogP contribution in [0.4, 0.5) is 8.78 Å². The van der Waals surface area contributed by atoms with Gasteiger partial charge in [0.15, 0.2) is 5.78 Å². The topological polar surface area (TPSA) is 17.1 Å². The summed E-state index contributed by atoms with van der Waals surface area (Å²) < 4.78 is 26.7. The largest absolute Gasteiger partial charge is 0.293 e. The van der Waals surface area contributed by atoms with Gasteiger partial charge in [0.1, 0.15) is 11.6 Å². The van der Waals surface area contributed by atoms with Crippen molar-refractivity contribution in [1.29, 1.82) is 0 Å². The third-order valence-electron chi connectivity index (χ3n) is 2.54. The van der Waals surface area contributed by atoms with E-state index in [-0.39, 0.29) is 16.0 Å². The van der Waals surface area contributed by atoms with Crippen LogP contribution in [0.1, 0.15) is 17.3 Å². The van der Waals surface area contributed by atoms with Gasteiger partial charge in [-0.25, -0.2) is 8.78 Å². The zero-order valence-electron chi connectivity index (χ0n) is 9.01. The molecule has 0 saturated carbocycles. The van der Waals surface area contributed by atoms with Gasteiger partial charge in [0.2, 0.25) is 0 Å². The van der Waals surface area contributed by atoms with E-state index < -0.39 is 11.6 Å². The second kappa shape index (κ2) is 4.53. The lowest BCUT2D eigenvalue weighted by atomic mass is 10.00. The van der Waals surface area contributed by atoms with Gasteiger partial charge in [-0.05, 0) is 18.4 Å². The minimum Gasteiger partial charge on any atom is -0.293 e. The van der Waals surface area contributed by atoms with Crippen LogP contribution in [0, 0.1) is 11.6 Å². The van der Waals surface area contributed by atoms with Crippen molar-refractivity contribution in [1.82, 2.24) is 0 Å². The van der Waals surface area contributed by atoms with Gasteiger partial charge in [0, 0.05) is 17.0 Å². The van der Waals surface area contributed by atoms with Gasteiger partial charge in [-0.3, -0.25) is 4.79 Å². The number of carbonyl (C=O) groups is 1. The predicted molar refractivity (Wildman–Crippen MR) is 66.6 cm³/mol. The molecule has 1 atom stereocenters. The molecule has 2 aromatic carbocycles. The van der Waals surface area contributed by atoms with Crippen LogP contribution >= 0.6 is 15.9 Å². The molecule has 4 heteroatoms. The number of Topliss-reactive ketones (excluding diaryl/α,β-unsaturated/α-hetero) is 1. The van der Waals surface area contributed by atoms with E-state index in [0.29, 0.717) is 10.9 Å². The lowest BCUT2D eigenvalue weighted by Gasteiger charge is -2.08. The average Bonchev–Trinajstić information content (AvgIpc) is 2.27. The van der Waals surface area contributed by atoms with Gasteiger partial charge in [-0.15, -0.1) is 0 Å². The van der Waals surface area contributed by atoms with Gasteiger partial charge in [0.05, 0.1) is 4.83 Å². The van der Waals surface area contributed by atoms with E-state index in [1.807, 2.05) is 0 Å². The molecule has 0 amide bonds. The van der Waals surface area contributed by atoms with Crippen molar-refractivity contribution in [3.05, 3.63) is 47.5 Å². The first kappa shape index (κ1) is 12.2. The molecule has 0 fully saturated rings. The Labute approximate surface area is 106 Å². The van der Waals surface area contributed by atoms with Gasteiger partial charge in [-0.1, -0.05) is 34.1 Å². The lowest BCUT2D eigenvalue weighted by Crippen LogP contribution is -2.10. The fraction of sp³-hybridized carbons (Fsp3) is 0.154. The van der Waals surface area contributed by atoms with Crippen molar-refractivity contribution in [2.75, 3.05) is 0 Å². The molecular weight excluding hydrogens is 290 g/mol. The maximum atomic E-state index is 13.5. The Balaban J connectivity index is 2.77. The predicted octanol–water partition coefficient (Wildman–Crippen LogP) is 4.08. The number of alkyl halides is 1. The average molecular weight is 299 g/mol. The van der Waals surface area contributed by atoms with Crippen molar-refractivity contribution in [2.24, 2.45) is 0 Å². The summed E-state index contributed by atoms with van der Waals surface area (Å²) in [6.07, 6.45) is 0. The van der Waals surface area contributed by atoms with E-state index in [1.54, 1.807) is 19.1 Å². The summed E-state index contributed by atoms with van der Waals surface area (Å²) in [5, 5.41) is 0.562. The highest BCUT2D eigenvalue weighted by molar-refractivity contribution is 9.10. The number of carbonyl (C=O) groups excluding carboxylic acids is 1. The van der Waals surface area contributed by atoms with E-state index in [0.717, 1.165) is 6.07 Å². The minimum absolute atomic E-state index is 0.194. The number of halogens is 3. The molecule has 1 nitrogen and oxygen atoms in total. The van der Waals surface area contributed by atoms with Crippen molar-refractivity contribution in [2.45, 2.75) is 11.8 Å². The Kier molecular flexibility index (Phi) is 3.24. The van der Waals surface area contributed by atoms with E-state index in [9.17, 15) is 13.6 Å². The SMILES string of the molecule is CC(Br)C(=O)c1cccc2c(F)cc(F)cc12. The second-order valence-electron chi connectivity index (χ2n) is 3.77. The number of hydrogen-bond donors (Lipinski definition) is 0. The van der Waals surface area contributed by atoms with Crippen LogP contribution in [0.3, 0.4) is 0 Å². The molecule has 0 bridgehead atoms. The summed E-state index contributed by atoms with van der Waals surface area (Å²) in [7, 11) is 0. The van der Waals surface area contributed by atoms with Gasteiger partial charge in [0.25, 0.3) is 0 Å². The minimum atomic E-state index is -0.683. The second-order valence-corrected chi connectivity index (χ2v) is 5.14. The fourth-order valence-corrected chi connectivity index (χ4v) is 1.98. The number of fused-ring (bicyclic) bond motifs is 1. The van der Waals surface area contributed by atoms with Gasteiger partial charge < -0.3 is 0 Å². The molecular formula is C13H9BrF2O. The Morgan fingerprint density at radius 1 is 1.24 bits per heavy atom. The number of benzene rings is 2. The maximum Gasteiger partial charge on any atom is 0.176 e. The smallest absolute Gasteiger partial charge is 0.176 e. The Morgan fingerprint density at radius 3 is 2.59 bits per heavy atom. The van der Waals surface area contributed by atoms with E-state index in [2.05, 4.69) is 15.9 Å². The van der Waals surface area contributed by atoms with Crippen LogP contribution in [0.5, 0.6) is 0 Å². The lowest BCUT2D eigenvalue weighted by molar-refractivity contribution is 0.0997. The highest BCUT2D eigenvalue weighted by atomic mass is 79.9. The van der Waals surface area contributed by atoms with Crippen molar-refractivity contribution in [3.63, 3.8) is 0 Å². The number of hydrogen-bond acceptors (Lipinski definition) is 1. The fourth-order valence-electron chi connectivity index (χ4n) is 1.74. The maximum absolute atomic E-state index is 13.5. The first-order valence-electron chi connectivity index (χ1n) is 5.07. The summed E-state index contributed by atoms with van der Waals surface area (Å²) in [6.45, 7) is 1.68. The Bertz CT molecular complexity index is 593. The molecule has 0 spiro atoms. The Morgan fingerprint density at radius 2 is 1.94 bits per heavy atom. The third kappa shape index (κ3) is 2.22. The van der Waals surface area contributed by atoms with E-state index in [1.165, 1.54) is 12.1 Å². The summed E-state index contributed by atoms with van der Waals surface area (Å²) in [5.41, 5.74) is 0.324. The first-order valence-corrected chi connectivity index (χ1v) is 5.98. The summed E-state index contributed by atoms with van der Waals surface area (Å²) in [6, 6.07) is 6.68. The number of ketones is 1. The van der Waals surface area contributed by atoms with Crippen LogP contribution in [0.15, 0.2) is 30.3 Å². The molecule has 0 aliphatic heterocycles. The zero-order valence-corrected chi connectivity index (χ0v) is 10.6. The molecule has 0 aliphatic rings. The normalized spacial score (nSPS) is 12.7. The molecule has 0 heterocycles. The zero-order chi connectivity index (χ0) is 12.6. The molecule has 0 radical (unpaired) electrons. The highest BCUT2D eigenvalue weighted by Crippen LogP contribution is 2.25. The highest BCUT2D eigenvalue weighted by Gasteiger charge is 2.16. The first-order chi connectivity index (χ1) is 8.00. The summed E-state index contributed by atoms with van der Waals surface area (Å²) >= 11 is 3.16.